The summed E-state index contributed by atoms with van der Waals surface area (Å²) in [7, 11) is 3.94. The van der Waals surface area contributed by atoms with E-state index in [2.05, 4.69) is 36.8 Å². The maximum absolute atomic E-state index is 12.2. The molecule has 0 spiro atoms. The van der Waals surface area contributed by atoms with Crippen molar-refractivity contribution in [2.75, 3.05) is 30.1 Å². The second-order valence-corrected chi connectivity index (χ2v) is 7.49. The number of nitrogens with zero attached hydrogens (tertiary/aromatic N) is 5. The van der Waals surface area contributed by atoms with Gasteiger partial charge in [-0.15, -0.1) is 5.10 Å². The van der Waals surface area contributed by atoms with Crippen LogP contribution in [0.25, 0.3) is 5.69 Å². The Bertz CT molecular complexity index is 879. The molecular formula is C17H17BrN6OS. The predicted molar refractivity (Wildman–Crippen MR) is 107 cm³/mol. The lowest BCUT2D eigenvalue weighted by atomic mass is 10.2. The van der Waals surface area contributed by atoms with E-state index in [0.717, 1.165) is 21.5 Å². The van der Waals surface area contributed by atoms with Gasteiger partial charge in [-0.2, -0.15) is 4.68 Å². The van der Waals surface area contributed by atoms with E-state index >= 15 is 0 Å². The highest BCUT2D eigenvalue weighted by atomic mass is 79.9. The Kier molecular flexibility index (Phi) is 5.89. The summed E-state index contributed by atoms with van der Waals surface area (Å²) in [5, 5.41) is 15.1. The third-order valence-corrected chi connectivity index (χ3v) is 4.96. The normalized spacial score (nSPS) is 10.6. The molecule has 1 N–H and O–H groups in total. The van der Waals surface area contributed by atoms with E-state index in [1.54, 1.807) is 4.68 Å². The molecule has 0 unspecified atom stereocenters. The van der Waals surface area contributed by atoms with Crippen LogP contribution in [0.2, 0.25) is 0 Å². The summed E-state index contributed by atoms with van der Waals surface area (Å²) in [6, 6.07) is 15.3. The van der Waals surface area contributed by atoms with Crippen LogP contribution < -0.4 is 10.2 Å². The summed E-state index contributed by atoms with van der Waals surface area (Å²) < 4.78 is 2.58. The van der Waals surface area contributed by atoms with Crippen molar-refractivity contribution in [2.24, 2.45) is 0 Å². The minimum absolute atomic E-state index is 0.113. The van der Waals surface area contributed by atoms with Crippen LogP contribution >= 0.6 is 27.7 Å². The second-order valence-electron chi connectivity index (χ2n) is 5.63. The Morgan fingerprint density at radius 3 is 2.50 bits per heavy atom. The predicted octanol–water partition coefficient (Wildman–Crippen LogP) is 3.22. The molecular weight excluding hydrogens is 416 g/mol. The molecule has 2 aromatic carbocycles. The molecule has 134 valence electrons. The molecule has 0 saturated carbocycles. The first-order valence-corrected chi connectivity index (χ1v) is 9.55. The minimum atomic E-state index is -0.113. The number of benzene rings is 2. The molecule has 0 atom stereocenters. The number of carbonyl (C=O) groups is 1. The van der Waals surface area contributed by atoms with Crippen molar-refractivity contribution in [3.05, 3.63) is 53.0 Å². The molecule has 9 heteroatoms. The number of thioether (sulfide) groups is 1. The van der Waals surface area contributed by atoms with Gasteiger partial charge in [0.05, 0.1) is 11.4 Å². The molecule has 0 saturated heterocycles. The van der Waals surface area contributed by atoms with Crippen LogP contribution in [0.3, 0.4) is 0 Å². The second kappa shape index (κ2) is 8.33. The average molecular weight is 433 g/mol. The number of amides is 1. The Morgan fingerprint density at radius 2 is 1.85 bits per heavy atom. The van der Waals surface area contributed by atoms with E-state index < -0.39 is 0 Å². The van der Waals surface area contributed by atoms with Crippen molar-refractivity contribution >= 4 is 45.0 Å². The Balaban J connectivity index is 1.60. The number of hydrogen-bond acceptors (Lipinski definition) is 6. The van der Waals surface area contributed by atoms with Crippen molar-refractivity contribution in [1.82, 2.24) is 20.2 Å². The number of rotatable bonds is 6. The number of nitrogens with one attached hydrogen (secondary N) is 1. The first-order chi connectivity index (χ1) is 12.5. The largest absolute Gasteiger partial charge is 0.378 e. The lowest BCUT2D eigenvalue weighted by molar-refractivity contribution is -0.113. The molecule has 0 aliphatic rings. The lowest BCUT2D eigenvalue weighted by Gasteiger charge is -2.13. The average Bonchev–Trinajstić information content (AvgIpc) is 3.09. The molecule has 0 aliphatic carbocycles. The van der Waals surface area contributed by atoms with Crippen LogP contribution in [-0.2, 0) is 4.79 Å². The molecule has 0 bridgehead atoms. The molecule has 1 heterocycles. The number of carbonyl (C=O) groups excluding carboxylic acids is 1. The highest BCUT2D eigenvalue weighted by molar-refractivity contribution is 9.10. The highest BCUT2D eigenvalue weighted by Gasteiger charge is 2.12. The Labute approximate surface area is 163 Å². The van der Waals surface area contributed by atoms with Crippen LogP contribution in [0.15, 0.2) is 58.2 Å². The van der Waals surface area contributed by atoms with Crippen LogP contribution in [0.5, 0.6) is 0 Å². The number of tetrazole rings is 1. The van der Waals surface area contributed by atoms with E-state index in [0.29, 0.717) is 5.16 Å². The summed E-state index contributed by atoms with van der Waals surface area (Å²) in [4.78, 5) is 14.2. The van der Waals surface area contributed by atoms with Crippen molar-refractivity contribution in [3.63, 3.8) is 0 Å². The molecule has 0 radical (unpaired) electrons. The molecule has 7 nitrogen and oxygen atoms in total. The van der Waals surface area contributed by atoms with Gasteiger partial charge in [0.1, 0.15) is 0 Å². The van der Waals surface area contributed by atoms with Gasteiger partial charge in [-0.3, -0.25) is 4.79 Å². The van der Waals surface area contributed by atoms with Gasteiger partial charge < -0.3 is 10.2 Å². The molecule has 1 amide bonds. The third-order valence-electron chi connectivity index (χ3n) is 3.51. The molecule has 3 rings (SSSR count). The van der Waals surface area contributed by atoms with Gasteiger partial charge in [-0.25, -0.2) is 0 Å². The van der Waals surface area contributed by atoms with Crippen molar-refractivity contribution in [1.29, 1.82) is 0 Å². The summed E-state index contributed by atoms with van der Waals surface area (Å²) in [6.07, 6.45) is 0. The van der Waals surface area contributed by atoms with Gasteiger partial charge in [0.25, 0.3) is 0 Å². The van der Waals surface area contributed by atoms with Gasteiger partial charge in [0, 0.05) is 29.9 Å². The fourth-order valence-corrected chi connectivity index (χ4v) is 3.14. The Morgan fingerprint density at radius 1 is 1.15 bits per heavy atom. The molecule has 3 aromatic rings. The quantitative estimate of drug-likeness (QED) is 0.602. The fourth-order valence-electron chi connectivity index (χ4n) is 2.18. The molecule has 26 heavy (non-hydrogen) atoms. The topological polar surface area (TPSA) is 75.9 Å². The fraction of sp³-hybridized carbons (Fsp3) is 0.176. The first kappa shape index (κ1) is 18.4. The van der Waals surface area contributed by atoms with E-state index in [1.165, 1.54) is 11.8 Å². The van der Waals surface area contributed by atoms with E-state index in [9.17, 15) is 4.79 Å². The smallest absolute Gasteiger partial charge is 0.234 e. The van der Waals surface area contributed by atoms with E-state index in [-0.39, 0.29) is 11.7 Å². The van der Waals surface area contributed by atoms with Crippen LogP contribution in [0.1, 0.15) is 0 Å². The summed E-state index contributed by atoms with van der Waals surface area (Å²) in [6.45, 7) is 0. The molecule has 0 fully saturated rings. The third kappa shape index (κ3) is 4.61. The van der Waals surface area contributed by atoms with Gasteiger partial charge in [0.15, 0.2) is 0 Å². The number of anilines is 2. The maximum atomic E-state index is 12.2. The zero-order valence-electron chi connectivity index (χ0n) is 14.3. The van der Waals surface area contributed by atoms with E-state index in [1.807, 2.05) is 67.5 Å². The SMILES string of the molecule is CN(C)c1ccc(NC(=O)CSc2nnnn2-c2ccc(Br)cc2)cc1. The van der Waals surface area contributed by atoms with E-state index in [4.69, 9.17) is 0 Å². The van der Waals surface area contributed by atoms with Gasteiger partial charge in [0.2, 0.25) is 11.1 Å². The number of hydrogen-bond donors (Lipinski definition) is 1. The number of aromatic nitrogens is 4. The number of halogens is 1. The van der Waals surface area contributed by atoms with Crippen LogP contribution in [0.4, 0.5) is 11.4 Å². The van der Waals surface area contributed by atoms with Crippen molar-refractivity contribution in [2.45, 2.75) is 5.16 Å². The van der Waals surface area contributed by atoms with Gasteiger partial charge >= 0.3 is 0 Å². The van der Waals surface area contributed by atoms with Crippen molar-refractivity contribution < 1.29 is 4.79 Å². The van der Waals surface area contributed by atoms with Gasteiger partial charge in [-0.05, 0) is 59.0 Å². The zero-order valence-corrected chi connectivity index (χ0v) is 16.7. The van der Waals surface area contributed by atoms with Gasteiger partial charge in [-0.1, -0.05) is 27.7 Å². The summed E-state index contributed by atoms with van der Waals surface area (Å²) in [5.41, 5.74) is 2.67. The van der Waals surface area contributed by atoms with Crippen LogP contribution in [-0.4, -0.2) is 46.0 Å². The molecule has 1 aromatic heterocycles. The minimum Gasteiger partial charge on any atom is -0.378 e. The lowest BCUT2D eigenvalue weighted by Crippen LogP contribution is -2.15. The Hall–Kier alpha value is -2.39. The standard InChI is InChI=1S/C17H17BrN6OS/c1-23(2)14-9-5-13(6-10-14)19-16(25)11-26-17-20-21-22-24(17)15-7-3-12(18)4-8-15/h3-10H,11H2,1-2H3,(H,19,25). The highest BCUT2D eigenvalue weighted by Crippen LogP contribution is 2.21. The van der Waals surface area contributed by atoms with Crippen LogP contribution in [0, 0.1) is 0 Å². The zero-order chi connectivity index (χ0) is 18.5. The summed E-state index contributed by atoms with van der Waals surface area (Å²) in [5.74, 6) is 0.102. The first-order valence-electron chi connectivity index (χ1n) is 7.77. The maximum Gasteiger partial charge on any atom is 0.234 e. The molecule has 0 aliphatic heterocycles. The monoisotopic (exact) mass is 432 g/mol. The summed E-state index contributed by atoms with van der Waals surface area (Å²) >= 11 is 4.68. The van der Waals surface area contributed by atoms with Crippen molar-refractivity contribution in [3.8, 4) is 5.69 Å².